The van der Waals surface area contributed by atoms with E-state index in [1.54, 1.807) is 30.1 Å². The molecule has 0 amide bonds. The largest absolute Gasteiger partial charge is 0.573 e. The summed E-state index contributed by atoms with van der Waals surface area (Å²) in [6.45, 7) is 5.70. The Morgan fingerprint density at radius 1 is 1.11 bits per heavy atom. The summed E-state index contributed by atoms with van der Waals surface area (Å²) in [7, 11) is 1.66. The van der Waals surface area contributed by atoms with E-state index in [0.29, 0.717) is 34.1 Å². The normalized spacial score (nSPS) is 12.0. The maximum Gasteiger partial charge on any atom is 0.573 e. The number of ether oxygens (including phenoxy) is 1. The number of hydrogen-bond donors (Lipinski definition) is 2. The number of nitrogens with one attached hydrogen (secondary N) is 2. The highest BCUT2D eigenvalue weighted by atomic mass is 19.4. The Kier molecular flexibility index (Phi) is 6.67. The van der Waals surface area contributed by atoms with E-state index in [2.05, 4.69) is 36.8 Å². The van der Waals surface area contributed by atoms with Crippen LogP contribution in [0.15, 0.2) is 70.9 Å². The van der Waals surface area contributed by atoms with Crippen molar-refractivity contribution < 1.29 is 17.9 Å². The molecule has 0 aliphatic heterocycles. The molecule has 0 unspecified atom stereocenters. The van der Waals surface area contributed by atoms with Gasteiger partial charge in [-0.25, -0.2) is 9.66 Å². The molecule has 1 aromatic carbocycles. The average molecular weight is 481 g/mol. The van der Waals surface area contributed by atoms with Gasteiger partial charge in [0.05, 0.1) is 23.6 Å². The number of pyridine rings is 2. The number of aromatic amines is 1. The van der Waals surface area contributed by atoms with Gasteiger partial charge in [-0.15, -0.1) is 13.2 Å². The van der Waals surface area contributed by atoms with E-state index in [1.165, 1.54) is 18.2 Å². The van der Waals surface area contributed by atoms with Gasteiger partial charge in [-0.3, -0.25) is 9.98 Å². The van der Waals surface area contributed by atoms with Crippen molar-refractivity contribution in [2.45, 2.75) is 19.8 Å². The fraction of sp³-hybridized carbons (Fsp3) is 0.167. The molecule has 4 rings (SSSR count). The number of aromatic nitrogens is 4. The van der Waals surface area contributed by atoms with Crippen molar-refractivity contribution in [3.8, 4) is 28.4 Å². The minimum atomic E-state index is -4.76. The molecule has 4 aromatic rings. The standard InChI is InChI=1S/C24H22F3N7O/c1-15-6-4-9-19(31-15)23-22(16-10-11-21(28-2)34(14-16)29-3)32-20(33-23)13-30-17-7-5-8-18(12-17)35-24(25,26)27/h4-12,14,30H,3,13H2,1-2H3,(H,32,33)/b28-21-. The van der Waals surface area contributed by atoms with Crippen molar-refractivity contribution in [3.05, 3.63) is 77.8 Å². The van der Waals surface area contributed by atoms with Crippen LogP contribution >= 0.6 is 0 Å². The first-order valence-electron chi connectivity index (χ1n) is 10.5. The first kappa shape index (κ1) is 23.7. The highest BCUT2D eigenvalue weighted by Crippen LogP contribution is 2.30. The summed E-state index contributed by atoms with van der Waals surface area (Å²) >= 11 is 0. The first-order valence-corrected chi connectivity index (χ1v) is 10.5. The molecule has 0 spiro atoms. The number of rotatable bonds is 7. The van der Waals surface area contributed by atoms with Crippen molar-refractivity contribution in [1.29, 1.82) is 0 Å². The SMILES string of the molecule is C=Nn1cc(-c2nc(CNc3cccc(OC(F)(F)F)c3)[nH]c2-c2cccc(C)n2)cc/c1=N/C. The summed E-state index contributed by atoms with van der Waals surface area (Å²) in [6, 6.07) is 15.0. The zero-order valence-electron chi connectivity index (χ0n) is 19.0. The molecule has 180 valence electrons. The quantitative estimate of drug-likeness (QED) is 0.373. The number of imidazole rings is 1. The number of anilines is 1. The van der Waals surface area contributed by atoms with Crippen LogP contribution in [0.3, 0.4) is 0 Å². The Balaban J connectivity index is 1.68. The number of hydrogen-bond acceptors (Lipinski definition) is 6. The van der Waals surface area contributed by atoms with Crippen LogP contribution in [0.4, 0.5) is 18.9 Å². The fourth-order valence-corrected chi connectivity index (χ4v) is 3.48. The molecular weight excluding hydrogens is 459 g/mol. The van der Waals surface area contributed by atoms with Crippen molar-refractivity contribution in [1.82, 2.24) is 19.6 Å². The van der Waals surface area contributed by atoms with Crippen molar-refractivity contribution in [2.75, 3.05) is 12.4 Å². The Hall–Kier alpha value is -4.41. The molecule has 8 nitrogen and oxygen atoms in total. The predicted octanol–water partition coefficient (Wildman–Crippen LogP) is 4.75. The lowest BCUT2D eigenvalue weighted by atomic mass is 10.1. The van der Waals surface area contributed by atoms with Gasteiger partial charge in [0.1, 0.15) is 17.1 Å². The molecule has 0 atom stereocenters. The number of aryl methyl sites for hydroxylation is 1. The second-order valence-electron chi connectivity index (χ2n) is 7.49. The van der Waals surface area contributed by atoms with Gasteiger partial charge in [0.2, 0.25) is 0 Å². The van der Waals surface area contributed by atoms with Crippen LogP contribution in [0, 0.1) is 6.92 Å². The Morgan fingerprint density at radius 2 is 1.91 bits per heavy atom. The number of alkyl halides is 3. The van der Waals surface area contributed by atoms with Crippen LogP contribution in [0.2, 0.25) is 0 Å². The zero-order chi connectivity index (χ0) is 25.0. The summed E-state index contributed by atoms with van der Waals surface area (Å²) < 4.78 is 43.2. The lowest BCUT2D eigenvalue weighted by Gasteiger charge is -2.10. The third-order valence-electron chi connectivity index (χ3n) is 4.99. The summed E-state index contributed by atoms with van der Waals surface area (Å²) in [5, 5.41) is 7.05. The summed E-state index contributed by atoms with van der Waals surface area (Å²) in [5.41, 5.74) is 4.69. The topological polar surface area (TPSA) is 92.5 Å². The molecule has 3 aromatic heterocycles. The smallest absolute Gasteiger partial charge is 0.406 e. The lowest BCUT2D eigenvalue weighted by molar-refractivity contribution is -0.274. The number of H-pyrrole nitrogens is 1. The van der Waals surface area contributed by atoms with Gasteiger partial charge in [0, 0.05) is 43.0 Å². The van der Waals surface area contributed by atoms with E-state index in [0.717, 1.165) is 11.3 Å². The van der Waals surface area contributed by atoms with E-state index in [-0.39, 0.29) is 12.3 Å². The molecule has 0 fully saturated rings. The average Bonchev–Trinajstić information content (AvgIpc) is 3.26. The second-order valence-corrected chi connectivity index (χ2v) is 7.49. The van der Waals surface area contributed by atoms with Gasteiger partial charge in [-0.05, 0) is 43.3 Å². The van der Waals surface area contributed by atoms with E-state index in [4.69, 9.17) is 4.98 Å². The molecule has 11 heteroatoms. The van der Waals surface area contributed by atoms with E-state index >= 15 is 0 Å². The molecule has 0 saturated carbocycles. The molecule has 2 N–H and O–H groups in total. The molecule has 0 aliphatic rings. The minimum absolute atomic E-state index is 0.219. The highest BCUT2D eigenvalue weighted by molar-refractivity contribution is 5.76. The minimum Gasteiger partial charge on any atom is -0.406 e. The van der Waals surface area contributed by atoms with Crippen molar-refractivity contribution in [3.63, 3.8) is 0 Å². The Bertz CT molecular complexity index is 1420. The molecule has 0 aliphatic carbocycles. The van der Waals surface area contributed by atoms with Crippen LogP contribution in [0.5, 0.6) is 5.75 Å². The van der Waals surface area contributed by atoms with Gasteiger partial charge < -0.3 is 15.0 Å². The third-order valence-corrected chi connectivity index (χ3v) is 4.99. The summed E-state index contributed by atoms with van der Waals surface area (Å²) in [4.78, 5) is 16.8. The predicted molar refractivity (Wildman–Crippen MR) is 127 cm³/mol. The van der Waals surface area contributed by atoms with Gasteiger partial charge in [0.15, 0.2) is 0 Å². The third kappa shape index (κ3) is 5.75. The maximum atomic E-state index is 12.5. The fourth-order valence-electron chi connectivity index (χ4n) is 3.48. The molecule has 0 saturated heterocycles. The Morgan fingerprint density at radius 3 is 2.63 bits per heavy atom. The first-order chi connectivity index (χ1) is 16.8. The molecular formula is C24H22F3N7O. The number of nitrogens with zero attached hydrogens (tertiary/aromatic N) is 5. The summed E-state index contributed by atoms with van der Waals surface area (Å²) in [6.07, 6.45) is -3.00. The highest BCUT2D eigenvalue weighted by Gasteiger charge is 2.31. The molecule has 0 radical (unpaired) electrons. The maximum absolute atomic E-state index is 12.5. The van der Waals surface area contributed by atoms with Crippen molar-refractivity contribution in [2.24, 2.45) is 10.1 Å². The van der Waals surface area contributed by atoms with Gasteiger partial charge >= 0.3 is 6.36 Å². The van der Waals surface area contributed by atoms with Crippen LogP contribution in [-0.4, -0.2) is 39.8 Å². The van der Waals surface area contributed by atoms with E-state index < -0.39 is 6.36 Å². The Labute approximate surface area is 198 Å². The van der Waals surface area contributed by atoms with Crippen LogP contribution < -0.4 is 15.5 Å². The van der Waals surface area contributed by atoms with E-state index in [1.807, 2.05) is 31.2 Å². The zero-order valence-corrected chi connectivity index (χ0v) is 19.0. The number of benzene rings is 1. The monoisotopic (exact) mass is 481 g/mol. The molecule has 0 bridgehead atoms. The number of halogens is 3. The molecule has 3 heterocycles. The van der Waals surface area contributed by atoms with Crippen LogP contribution in [0.25, 0.3) is 22.6 Å². The second kappa shape index (κ2) is 9.84. The summed E-state index contributed by atoms with van der Waals surface area (Å²) in [5.74, 6) is 0.248. The lowest BCUT2D eigenvalue weighted by Crippen LogP contribution is -2.17. The van der Waals surface area contributed by atoms with Gasteiger partial charge in [0.25, 0.3) is 0 Å². The molecule has 35 heavy (non-hydrogen) atoms. The van der Waals surface area contributed by atoms with E-state index in [9.17, 15) is 13.2 Å². The van der Waals surface area contributed by atoms with Crippen LogP contribution in [0.1, 0.15) is 11.5 Å². The van der Waals surface area contributed by atoms with Gasteiger partial charge in [-0.2, -0.15) is 5.10 Å². The van der Waals surface area contributed by atoms with Crippen molar-refractivity contribution >= 4 is 12.4 Å². The van der Waals surface area contributed by atoms with Gasteiger partial charge in [-0.1, -0.05) is 12.1 Å². The van der Waals surface area contributed by atoms with Crippen LogP contribution in [-0.2, 0) is 6.54 Å².